The zero-order chi connectivity index (χ0) is 9.47. The van der Waals surface area contributed by atoms with Gasteiger partial charge in [-0.25, -0.2) is 0 Å². The molecule has 14 heavy (non-hydrogen) atoms. The van der Waals surface area contributed by atoms with Crippen molar-refractivity contribution in [2.24, 2.45) is 17.6 Å². The SMILES string of the molecule is COC(=O)C1COC2(CN)CC1C2.Cl. The van der Waals surface area contributed by atoms with Gasteiger partial charge >= 0.3 is 5.97 Å². The lowest BCUT2D eigenvalue weighted by molar-refractivity contribution is -0.210. The first kappa shape index (κ1) is 11.8. The third kappa shape index (κ3) is 1.62. The van der Waals surface area contributed by atoms with Crippen LogP contribution in [-0.2, 0) is 14.3 Å². The van der Waals surface area contributed by atoms with E-state index in [9.17, 15) is 4.79 Å². The minimum absolute atomic E-state index is 0. The highest BCUT2D eigenvalue weighted by molar-refractivity contribution is 5.85. The summed E-state index contributed by atoms with van der Waals surface area (Å²) in [5.41, 5.74) is 5.49. The van der Waals surface area contributed by atoms with Crippen LogP contribution >= 0.6 is 12.4 Å². The molecule has 1 aliphatic carbocycles. The highest BCUT2D eigenvalue weighted by Crippen LogP contribution is 2.49. The zero-order valence-corrected chi connectivity index (χ0v) is 9.01. The van der Waals surface area contributed by atoms with Crippen LogP contribution in [0.1, 0.15) is 12.8 Å². The van der Waals surface area contributed by atoms with Crippen molar-refractivity contribution in [3.05, 3.63) is 0 Å². The first-order valence-corrected chi connectivity index (χ1v) is 4.62. The van der Waals surface area contributed by atoms with Gasteiger partial charge in [-0.3, -0.25) is 4.79 Å². The summed E-state index contributed by atoms with van der Waals surface area (Å²) >= 11 is 0. The maximum atomic E-state index is 11.3. The van der Waals surface area contributed by atoms with Crippen LogP contribution in [0.2, 0.25) is 0 Å². The lowest BCUT2D eigenvalue weighted by Crippen LogP contribution is -2.60. The van der Waals surface area contributed by atoms with Gasteiger partial charge in [0.2, 0.25) is 0 Å². The quantitative estimate of drug-likeness (QED) is 0.683. The van der Waals surface area contributed by atoms with Crippen LogP contribution in [0.15, 0.2) is 0 Å². The van der Waals surface area contributed by atoms with Gasteiger partial charge in [0.15, 0.2) is 0 Å². The van der Waals surface area contributed by atoms with E-state index in [1.165, 1.54) is 7.11 Å². The molecule has 5 heteroatoms. The molecule has 2 heterocycles. The van der Waals surface area contributed by atoms with E-state index in [-0.39, 0.29) is 29.9 Å². The summed E-state index contributed by atoms with van der Waals surface area (Å²) in [6, 6.07) is 0. The van der Waals surface area contributed by atoms with Gasteiger partial charge in [-0.15, -0.1) is 12.4 Å². The highest BCUT2D eigenvalue weighted by Gasteiger charge is 2.54. The molecule has 0 aromatic carbocycles. The van der Waals surface area contributed by atoms with Crippen molar-refractivity contribution in [2.75, 3.05) is 20.3 Å². The second-order valence-corrected chi connectivity index (χ2v) is 4.00. The van der Waals surface area contributed by atoms with Crippen molar-refractivity contribution in [3.8, 4) is 0 Å². The van der Waals surface area contributed by atoms with Crippen LogP contribution in [0, 0.1) is 11.8 Å². The summed E-state index contributed by atoms with van der Waals surface area (Å²) in [4.78, 5) is 11.3. The molecule has 2 aliphatic heterocycles. The molecule has 82 valence electrons. The highest BCUT2D eigenvalue weighted by atomic mass is 35.5. The van der Waals surface area contributed by atoms with Crippen LogP contribution in [0.5, 0.6) is 0 Å². The molecule has 4 nitrogen and oxygen atoms in total. The van der Waals surface area contributed by atoms with Crippen LogP contribution in [-0.4, -0.2) is 31.8 Å². The third-order valence-electron chi connectivity index (χ3n) is 3.28. The Labute approximate surface area is 89.5 Å². The summed E-state index contributed by atoms with van der Waals surface area (Å²) in [6.45, 7) is 1.05. The Kier molecular flexibility index (Phi) is 3.40. The smallest absolute Gasteiger partial charge is 0.311 e. The van der Waals surface area contributed by atoms with Crippen molar-refractivity contribution in [2.45, 2.75) is 18.4 Å². The molecule has 1 atom stereocenters. The fraction of sp³-hybridized carbons (Fsp3) is 0.889. The van der Waals surface area contributed by atoms with Crippen LogP contribution < -0.4 is 5.73 Å². The monoisotopic (exact) mass is 221 g/mol. The van der Waals surface area contributed by atoms with E-state index in [1.807, 2.05) is 0 Å². The minimum atomic E-state index is -0.143. The Bertz CT molecular complexity index is 223. The normalized spacial score (nSPS) is 39.3. The number of rotatable bonds is 2. The van der Waals surface area contributed by atoms with E-state index in [0.29, 0.717) is 19.1 Å². The molecule has 0 aromatic heterocycles. The van der Waals surface area contributed by atoms with E-state index in [2.05, 4.69) is 0 Å². The standard InChI is InChI=1S/C9H15NO3.ClH/c1-12-8(11)7-4-13-9(5-10)2-6(7)3-9;/h6-7H,2-5,10H2,1H3;1H. The molecule has 2 saturated heterocycles. The second kappa shape index (κ2) is 4.04. The average Bonchev–Trinajstić information content (AvgIpc) is 2.15. The van der Waals surface area contributed by atoms with Gasteiger partial charge in [-0.1, -0.05) is 0 Å². The molecular weight excluding hydrogens is 206 g/mol. The van der Waals surface area contributed by atoms with Crippen molar-refractivity contribution in [1.29, 1.82) is 0 Å². The summed E-state index contributed by atoms with van der Waals surface area (Å²) < 4.78 is 10.3. The Hall–Kier alpha value is -0.320. The van der Waals surface area contributed by atoms with Crippen molar-refractivity contribution in [3.63, 3.8) is 0 Å². The number of nitrogens with two attached hydrogens (primary N) is 1. The van der Waals surface area contributed by atoms with E-state index in [1.54, 1.807) is 0 Å². The number of ether oxygens (including phenoxy) is 2. The van der Waals surface area contributed by atoms with E-state index < -0.39 is 0 Å². The van der Waals surface area contributed by atoms with Gasteiger partial charge in [-0.05, 0) is 18.8 Å². The van der Waals surface area contributed by atoms with Crippen LogP contribution in [0.4, 0.5) is 0 Å². The first-order valence-electron chi connectivity index (χ1n) is 4.62. The maximum absolute atomic E-state index is 11.3. The van der Waals surface area contributed by atoms with Gasteiger partial charge in [0, 0.05) is 6.54 Å². The fourth-order valence-corrected chi connectivity index (χ4v) is 2.34. The Morgan fingerprint density at radius 3 is 2.64 bits per heavy atom. The summed E-state index contributed by atoms with van der Waals surface area (Å²) in [7, 11) is 1.42. The Morgan fingerprint density at radius 1 is 1.64 bits per heavy atom. The molecule has 3 fully saturated rings. The molecule has 3 rings (SSSR count). The number of carbonyl (C=O) groups excluding carboxylic acids is 1. The van der Waals surface area contributed by atoms with E-state index in [4.69, 9.17) is 15.2 Å². The number of esters is 1. The number of halogens is 1. The van der Waals surface area contributed by atoms with Gasteiger partial charge in [0.1, 0.15) is 0 Å². The Balaban J connectivity index is 0.000000980. The van der Waals surface area contributed by atoms with Gasteiger partial charge in [0.05, 0.1) is 25.2 Å². The molecule has 2 N–H and O–H groups in total. The van der Waals surface area contributed by atoms with Crippen LogP contribution in [0.3, 0.4) is 0 Å². The first-order chi connectivity index (χ1) is 6.21. The summed E-state index contributed by atoms with van der Waals surface area (Å²) in [6.07, 6.45) is 1.84. The van der Waals surface area contributed by atoms with E-state index in [0.717, 1.165) is 12.8 Å². The molecule has 1 unspecified atom stereocenters. The molecule has 3 aliphatic rings. The predicted molar refractivity (Wildman–Crippen MR) is 53.2 cm³/mol. The predicted octanol–water partition coefficient (Wildman–Crippen LogP) is 0.335. The van der Waals surface area contributed by atoms with Gasteiger partial charge in [0.25, 0.3) is 0 Å². The average molecular weight is 222 g/mol. The van der Waals surface area contributed by atoms with Gasteiger partial charge in [-0.2, -0.15) is 0 Å². The van der Waals surface area contributed by atoms with Crippen molar-refractivity contribution in [1.82, 2.24) is 0 Å². The fourth-order valence-electron chi connectivity index (χ4n) is 2.34. The molecule has 0 radical (unpaired) electrons. The van der Waals surface area contributed by atoms with Crippen LogP contribution in [0.25, 0.3) is 0 Å². The summed E-state index contributed by atoms with van der Waals surface area (Å²) in [5, 5.41) is 0. The topological polar surface area (TPSA) is 61.5 Å². The molecule has 2 bridgehead atoms. The van der Waals surface area contributed by atoms with E-state index >= 15 is 0 Å². The van der Waals surface area contributed by atoms with Gasteiger partial charge < -0.3 is 15.2 Å². The molecule has 1 saturated carbocycles. The maximum Gasteiger partial charge on any atom is 0.311 e. The molecule has 0 aromatic rings. The number of fused-ring (bicyclic) bond motifs is 2. The van der Waals surface area contributed by atoms with Crippen molar-refractivity contribution >= 4 is 18.4 Å². The number of hydrogen-bond acceptors (Lipinski definition) is 4. The number of carbonyl (C=O) groups is 1. The second-order valence-electron chi connectivity index (χ2n) is 4.00. The summed E-state index contributed by atoms with van der Waals surface area (Å²) in [5.74, 6) is 0.235. The minimum Gasteiger partial charge on any atom is -0.469 e. The molecule has 0 amide bonds. The molecular formula is C9H16ClNO3. The Morgan fingerprint density at radius 2 is 2.29 bits per heavy atom. The lowest BCUT2D eigenvalue weighted by Gasteiger charge is -2.54. The third-order valence-corrected chi connectivity index (χ3v) is 3.28. The van der Waals surface area contributed by atoms with Crippen molar-refractivity contribution < 1.29 is 14.3 Å². The number of hydrogen-bond donors (Lipinski definition) is 1. The molecule has 0 spiro atoms. The number of methoxy groups -OCH3 is 1. The zero-order valence-electron chi connectivity index (χ0n) is 8.19. The largest absolute Gasteiger partial charge is 0.469 e. The lowest BCUT2D eigenvalue weighted by atomic mass is 9.63.